The average Bonchev–Trinajstić information content (AvgIpc) is 2.78. The number of carboxylic acid groups (broad SMARTS) is 1. The van der Waals surface area contributed by atoms with Crippen LogP contribution in [0.4, 0.5) is 0 Å². The van der Waals surface area contributed by atoms with Gasteiger partial charge in [0.2, 0.25) is 5.91 Å². The zero-order chi connectivity index (χ0) is 12.7. The van der Waals surface area contributed by atoms with Crippen LogP contribution in [0.15, 0.2) is 11.5 Å². The Labute approximate surface area is 105 Å². The molecule has 2 N–H and O–H groups in total. The van der Waals surface area contributed by atoms with Crippen LogP contribution in [0.2, 0.25) is 0 Å². The van der Waals surface area contributed by atoms with Crippen LogP contribution in [0.25, 0.3) is 0 Å². The molecule has 0 radical (unpaired) electrons. The van der Waals surface area contributed by atoms with Gasteiger partial charge < -0.3 is 15.2 Å². The van der Waals surface area contributed by atoms with E-state index in [1.54, 1.807) is 18.7 Å². The summed E-state index contributed by atoms with van der Waals surface area (Å²) in [5.74, 6) is -1.38. The van der Waals surface area contributed by atoms with Crippen molar-refractivity contribution in [3.05, 3.63) is 11.5 Å². The van der Waals surface area contributed by atoms with E-state index in [0.717, 1.165) is 6.42 Å². The van der Waals surface area contributed by atoms with Crippen LogP contribution in [0.3, 0.4) is 0 Å². The maximum absolute atomic E-state index is 11.4. The summed E-state index contributed by atoms with van der Waals surface area (Å²) in [5, 5.41) is 13.7. The first-order chi connectivity index (χ1) is 8.13. The standard InChI is InChI=1S/C11H17NO4S/c1-2-16-7-10(13)12-9(11(14)15)6-8-4-3-5-17-8/h3,5,8-9H,2,4,6-7H2,1H3,(H,12,13)(H,14,15)/t8?,9-/m0/s1. The average molecular weight is 259 g/mol. The Kier molecular flexibility index (Phi) is 6.07. The Balaban J connectivity index is 2.37. The maximum atomic E-state index is 11.4. The van der Waals surface area contributed by atoms with Crippen molar-refractivity contribution in [1.82, 2.24) is 5.32 Å². The van der Waals surface area contributed by atoms with Crippen molar-refractivity contribution in [2.45, 2.75) is 31.1 Å². The van der Waals surface area contributed by atoms with Crippen molar-refractivity contribution >= 4 is 23.6 Å². The van der Waals surface area contributed by atoms with E-state index < -0.39 is 12.0 Å². The molecule has 0 bridgehead atoms. The van der Waals surface area contributed by atoms with E-state index in [2.05, 4.69) is 5.32 Å². The summed E-state index contributed by atoms with van der Waals surface area (Å²) in [6.45, 7) is 2.13. The number of ether oxygens (including phenoxy) is 1. The summed E-state index contributed by atoms with van der Waals surface area (Å²) in [6, 6.07) is -0.833. The van der Waals surface area contributed by atoms with Gasteiger partial charge in [-0.05, 0) is 25.2 Å². The molecule has 96 valence electrons. The first-order valence-corrected chi connectivity index (χ1v) is 6.48. The number of hydrogen-bond donors (Lipinski definition) is 2. The number of nitrogens with one attached hydrogen (secondary N) is 1. The van der Waals surface area contributed by atoms with Crippen molar-refractivity contribution < 1.29 is 19.4 Å². The number of carboxylic acids is 1. The Morgan fingerprint density at radius 3 is 2.94 bits per heavy atom. The maximum Gasteiger partial charge on any atom is 0.326 e. The second kappa shape index (κ2) is 7.34. The molecule has 1 unspecified atom stereocenters. The van der Waals surface area contributed by atoms with E-state index in [9.17, 15) is 9.59 Å². The number of allylic oxidation sites excluding steroid dienone is 1. The van der Waals surface area contributed by atoms with Gasteiger partial charge in [-0.2, -0.15) is 0 Å². The van der Waals surface area contributed by atoms with Crippen molar-refractivity contribution in [1.29, 1.82) is 0 Å². The number of hydrogen-bond acceptors (Lipinski definition) is 4. The Hall–Kier alpha value is -1.01. The third kappa shape index (κ3) is 5.23. The molecule has 1 aliphatic rings. The first kappa shape index (κ1) is 14.1. The molecule has 0 aromatic carbocycles. The molecule has 5 nitrogen and oxygen atoms in total. The topological polar surface area (TPSA) is 75.6 Å². The number of rotatable bonds is 7. The lowest BCUT2D eigenvalue weighted by Gasteiger charge is -2.17. The predicted molar refractivity (Wildman–Crippen MR) is 65.8 cm³/mol. The summed E-state index contributed by atoms with van der Waals surface area (Å²) in [5.41, 5.74) is 0. The lowest BCUT2D eigenvalue weighted by atomic mass is 10.1. The lowest BCUT2D eigenvalue weighted by Crippen LogP contribution is -2.43. The van der Waals surface area contributed by atoms with E-state index in [0.29, 0.717) is 13.0 Å². The highest BCUT2D eigenvalue weighted by Crippen LogP contribution is 2.27. The zero-order valence-electron chi connectivity index (χ0n) is 9.72. The second-order valence-electron chi connectivity index (χ2n) is 3.70. The molecule has 2 atom stereocenters. The highest BCUT2D eigenvalue weighted by atomic mass is 32.2. The molecule has 0 spiro atoms. The van der Waals surface area contributed by atoms with Crippen LogP contribution < -0.4 is 5.32 Å². The van der Waals surface area contributed by atoms with E-state index in [1.165, 1.54) is 0 Å². The van der Waals surface area contributed by atoms with Crippen LogP contribution in [0.5, 0.6) is 0 Å². The van der Waals surface area contributed by atoms with Gasteiger partial charge in [0, 0.05) is 11.9 Å². The lowest BCUT2D eigenvalue weighted by molar-refractivity contribution is -0.142. The number of amides is 1. The monoisotopic (exact) mass is 259 g/mol. The fourth-order valence-electron chi connectivity index (χ4n) is 1.50. The second-order valence-corrected chi connectivity index (χ2v) is 4.91. The molecule has 1 aliphatic heterocycles. The van der Waals surface area contributed by atoms with Gasteiger partial charge in [0.25, 0.3) is 0 Å². The van der Waals surface area contributed by atoms with Crippen LogP contribution in [-0.2, 0) is 14.3 Å². The first-order valence-electron chi connectivity index (χ1n) is 5.53. The Morgan fingerprint density at radius 1 is 1.65 bits per heavy atom. The normalized spacial score (nSPS) is 20.2. The summed E-state index contributed by atoms with van der Waals surface area (Å²) in [6.07, 6.45) is 3.30. The smallest absolute Gasteiger partial charge is 0.326 e. The molecule has 0 aliphatic carbocycles. The molecule has 6 heteroatoms. The van der Waals surface area contributed by atoms with E-state index in [4.69, 9.17) is 9.84 Å². The van der Waals surface area contributed by atoms with Crippen molar-refractivity contribution in [2.75, 3.05) is 13.2 Å². The minimum atomic E-state index is -0.998. The molecule has 0 saturated carbocycles. The van der Waals surface area contributed by atoms with Crippen LogP contribution in [0.1, 0.15) is 19.8 Å². The van der Waals surface area contributed by atoms with Crippen molar-refractivity contribution in [2.24, 2.45) is 0 Å². The van der Waals surface area contributed by atoms with E-state index >= 15 is 0 Å². The molecule has 0 saturated heterocycles. The number of carbonyl (C=O) groups excluding carboxylic acids is 1. The summed E-state index contributed by atoms with van der Waals surface area (Å²) in [4.78, 5) is 22.4. The van der Waals surface area contributed by atoms with Crippen molar-refractivity contribution in [3.8, 4) is 0 Å². The SMILES string of the molecule is CCOCC(=O)N[C@@H](CC1CC=CS1)C(=O)O. The molecule has 0 aromatic rings. The quantitative estimate of drug-likeness (QED) is 0.713. The highest BCUT2D eigenvalue weighted by Gasteiger charge is 2.25. The largest absolute Gasteiger partial charge is 0.480 e. The van der Waals surface area contributed by atoms with Gasteiger partial charge in [0.1, 0.15) is 12.6 Å². The van der Waals surface area contributed by atoms with Gasteiger partial charge in [-0.15, -0.1) is 11.8 Å². The fourth-order valence-corrected chi connectivity index (χ4v) is 2.47. The van der Waals surface area contributed by atoms with Crippen LogP contribution >= 0.6 is 11.8 Å². The number of carbonyl (C=O) groups is 2. The van der Waals surface area contributed by atoms with Crippen LogP contribution in [-0.4, -0.2) is 41.5 Å². The van der Waals surface area contributed by atoms with E-state index in [1.807, 2.05) is 11.5 Å². The van der Waals surface area contributed by atoms with Gasteiger partial charge in [-0.25, -0.2) is 4.79 Å². The fraction of sp³-hybridized carbons (Fsp3) is 0.636. The molecule has 1 amide bonds. The van der Waals surface area contributed by atoms with Crippen LogP contribution in [0, 0.1) is 0 Å². The minimum Gasteiger partial charge on any atom is -0.480 e. The molecule has 0 aromatic heterocycles. The predicted octanol–water partition coefficient (Wildman–Crippen LogP) is 1.00. The number of thioether (sulfide) groups is 1. The molecule has 17 heavy (non-hydrogen) atoms. The summed E-state index contributed by atoms with van der Waals surface area (Å²) >= 11 is 1.61. The Morgan fingerprint density at radius 2 is 2.41 bits per heavy atom. The Bertz CT molecular complexity index is 298. The van der Waals surface area contributed by atoms with Gasteiger partial charge >= 0.3 is 5.97 Å². The summed E-state index contributed by atoms with van der Waals surface area (Å²) < 4.78 is 4.92. The third-order valence-electron chi connectivity index (χ3n) is 2.34. The summed E-state index contributed by atoms with van der Waals surface area (Å²) in [7, 11) is 0. The molecule has 0 fully saturated rings. The zero-order valence-corrected chi connectivity index (χ0v) is 10.5. The third-order valence-corrected chi connectivity index (χ3v) is 3.45. The molecule has 1 heterocycles. The number of aliphatic carboxylic acids is 1. The minimum absolute atomic E-state index is 0.0870. The molecular formula is C11H17NO4S. The highest BCUT2D eigenvalue weighted by molar-refractivity contribution is 8.03. The van der Waals surface area contributed by atoms with Gasteiger partial charge in [-0.1, -0.05) is 6.08 Å². The van der Waals surface area contributed by atoms with E-state index in [-0.39, 0.29) is 17.8 Å². The molecule has 1 rings (SSSR count). The van der Waals surface area contributed by atoms with Gasteiger partial charge in [0.15, 0.2) is 0 Å². The molecular weight excluding hydrogens is 242 g/mol. The van der Waals surface area contributed by atoms with Gasteiger partial charge in [-0.3, -0.25) is 4.79 Å². The van der Waals surface area contributed by atoms with Crippen molar-refractivity contribution in [3.63, 3.8) is 0 Å². The van der Waals surface area contributed by atoms with Gasteiger partial charge in [0.05, 0.1) is 0 Å².